The fourth-order valence-corrected chi connectivity index (χ4v) is 0.990. The molecule has 1 aromatic carbocycles. The molecule has 0 aliphatic heterocycles. The second-order valence-corrected chi connectivity index (χ2v) is 3.51. The smallest absolute Gasteiger partial charge is 0.0398 e. The van der Waals surface area contributed by atoms with Crippen LogP contribution in [0.5, 0.6) is 0 Å². The Kier molecular flexibility index (Phi) is 14.7. The molecule has 0 spiro atoms. The van der Waals surface area contributed by atoms with Gasteiger partial charge in [0.2, 0.25) is 0 Å². The van der Waals surface area contributed by atoms with E-state index < -0.39 is 0 Å². The molecule has 0 aromatic heterocycles. The number of unbranched alkanes of at least 4 members (excludes halogenated alkanes) is 2. The monoisotopic (exact) mass is 208 g/mol. The van der Waals surface area contributed by atoms with Gasteiger partial charge in [-0.15, -0.1) is 0 Å². The molecule has 0 aliphatic rings. The highest BCUT2D eigenvalue weighted by molar-refractivity contribution is 5.19. The highest BCUT2D eigenvalue weighted by Crippen LogP contribution is 1.99. The Morgan fingerprint density at radius 3 is 1.13 bits per heavy atom. The summed E-state index contributed by atoms with van der Waals surface area (Å²) < 4.78 is 0. The maximum Gasteiger partial charge on any atom is -0.0398 e. The van der Waals surface area contributed by atoms with Crippen LogP contribution >= 0.6 is 0 Å². The van der Waals surface area contributed by atoms with Gasteiger partial charge in [-0.25, -0.2) is 0 Å². The number of benzene rings is 1. The summed E-state index contributed by atoms with van der Waals surface area (Å²) in [5.74, 6) is 0. The molecule has 1 aromatic rings. The van der Waals surface area contributed by atoms with Crippen molar-refractivity contribution in [1.29, 1.82) is 0 Å². The minimum atomic E-state index is 1.33. The second kappa shape index (κ2) is 13.2. The fraction of sp³-hybridized carbons (Fsp3) is 0.600. The molecule has 1 rings (SSSR count). The van der Waals surface area contributed by atoms with Crippen LogP contribution in [0.2, 0.25) is 0 Å². The van der Waals surface area contributed by atoms with E-state index in [-0.39, 0.29) is 0 Å². The fourth-order valence-electron chi connectivity index (χ4n) is 0.990. The van der Waals surface area contributed by atoms with E-state index in [2.05, 4.69) is 52.0 Å². The molecule has 88 valence electrons. The van der Waals surface area contributed by atoms with E-state index in [9.17, 15) is 0 Å². The molecule has 0 saturated heterocycles. The van der Waals surface area contributed by atoms with Crippen molar-refractivity contribution in [3.05, 3.63) is 35.4 Å². The number of rotatable bonds is 2. The molecule has 0 nitrogen and oxygen atoms in total. The molecule has 0 fully saturated rings. The highest BCUT2D eigenvalue weighted by Gasteiger charge is 1.79. The van der Waals surface area contributed by atoms with E-state index in [0.717, 1.165) is 0 Å². The molecule has 0 unspecified atom stereocenters. The largest absolute Gasteiger partial charge is 0.0683 e. The van der Waals surface area contributed by atoms with Crippen molar-refractivity contribution in [3.8, 4) is 0 Å². The van der Waals surface area contributed by atoms with Gasteiger partial charge in [-0.2, -0.15) is 0 Å². The maximum absolute atomic E-state index is 2.21. The first-order valence-electron chi connectivity index (χ1n) is 6.24. The van der Waals surface area contributed by atoms with Gasteiger partial charge < -0.3 is 0 Å². The lowest BCUT2D eigenvalue weighted by molar-refractivity contribution is 0.772. The molecular formula is C15H28. The quantitative estimate of drug-likeness (QED) is 0.599. The van der Waals surface area contributed by atoms with Crippen molar-refractivity contribution in [2.45, 2.75) is 60.8 Å². The molecular weight excluding hydrogens is 180 g/mol. The lowest BCUT2D eigenvalue weighted by Gasteiger charge is -1.90. The highest BCUT2D eigenvalue weighted by atomic mass is 13.9. The van der Waals surface area contributed by atoms with Gasteiger partial charge in [0.05, 0.1) is 0 Å². The number of hydrogen-bond donors (Lipinski definition) is 0. The number of aryl methyl sites for hydroxylation is 2. The molecule has 0 heteroatoms. The first-order chi connectivity index (χ1) is 7.20. The summed E-state index contributed by atoms with van der Waals surface area (Å²) in [5, 5.41) is 0. The van der Waals surface area contributed by atoms with Crippen molar-refractivity contribution in [1.82, 2.24) is 0 Å². The van der Waals surface area contributed by atoms with Gasteiger partial charge in [-0.3, -0.25) is 0 Å². The number of hydrogen-bond acceptors (Lipinski definition) is 0. The third-order valence-electron chi connectivity index (χ3n) is 1.93. The van der Waals surface area contributed by atoms with E-state index >= 15 is 0 Å². The Morgan fingerprint density at radius 2 is 1.00 bits per heavy atom. The van der Waals surface area contributed by atoms with Gasteiger partial charge in [0.25, 0.3) is 0 Å². The molecule has 0 aliphatic carbocycles. The zero-order valence-corrected chi connectivity index (χ0v) is 11.4. The molecule has 0 N–H and O–H groups in total. The van der Waals surface area contributed by atoms with Crippen LogP contribution in [0.4, 0.5) is 0 Å². The third kappa shape index (κ3) is 13.2. The van der Waals surface area contributed by atoms with Crippen molar-refractivity contribution in [3.63, 3.8) is 0 Å². The zero-order valence-electron chi connectivity index (χ0n) is 11.4. The van der Waals surface area contributed by atoms with Crippen LogP contribution in [0.3, 0.4) is 0 Å². The normalized spacial score (nSPS) is 8.13. The predicted octanol–water partition coefficient (Wildman–Crippen LogP) is 5.53. The molecule has 0 atom stereocenters. The van der Waals surface area contributed by atoms with Crippen LogP contribution in [0.25, 0.3) is 0 Å². The van der Waals surface area contributed by atoms with Crippen molar-refractivity contribution < 1.29 is 0 Å². The van der Waals surface area contributed by atoms with Crippen molar-refractivity contribution in [2.24, 2.45) is 0 Å². The summed E-state index contributed by atoms with van der Waals surface area (Å²) in [6.45, 7) is 12.6. The topological polar surface area (TPSA) is 0 Å². The van der Waals surface area contributed by atoms with E-state index in [1.54, 1.807) is 0 Å². The van der Waals surface area contributed by atoms with E-state index in [1.165, 1.54) is 30.4 Å². The second-order valence-electron chi connectivity index (χ2n) is 3.51. The molecule has 0 bridgehead atoms. The summed E-state index contributed by atoms with van der Waals surface area (Å²) in [5.41, 5.74) is 2.66. The minimum Gasteiger partial charge on any atom is -0.0683 e. The standard InChI is InChI=1S/C8H10.C5H12.C2H6/c1-7-3-5-8(2)6-4-7;1-3-5-4-2;1-2/h3-6H,1-2H3;3-5H2,1-2H3;1-2H3. The zero-order chi connectivity index (χ0) is 12.1. The summed E-state index contributed by atoms with van der Waals surface area (Å²) >= 11 is 0. The van der Waals surface area contributed by atoms with Crippen molar-refractivity contribution >= 4 is 0 Å². The summed E-state index contributed by atoms with van der Waals surface area (Å²) in [7, 11) is 0. The summed E-state index contributed by atoms with van der Waals surface area (Å²) in [6.07, 6.45) is 4.08. The van der Waals surface area contributed by atoms with E-state index in [4.69, 9.17) is 0 Å². The van der Waals surface area contributed by atoms with Crippen LogP contribution in [0.15, 0.2) is 24.3 Å². The van der Waals surface area contributed by atoms with Crippen molar-refractivity contribution in [2.75, 3.05) is 0 Å². The van der Waals surface area contributed by atoms with Gasteiger partial charge in [0, 0.05) is 0 Å². The first-order valence-corrected chi connectivity index (χ1v) is 6.24. The SMILES string of the molecule is CC.CCCCC.Cc1ccc(C)cc1. The van der Waals surface area contributed by atoms with Crippen LogP contribution < -0.4 is 0 Å². The minimum absolute atomic E-state index is 1.33. The van der Waals surface area contributed by atoms with Gasteiger partial charge in [0.1, 0.15) is 0 Å². The van der Waals surface area contributed by atoms with Crippen LogP contribution in [0, 0.1) is 13.8 Å². The van der Waals surface area contributed by atoms with Crippen LogP contribution in [0.1, 0.15) is 58.1 Å². The van der Waals surface area contributed by atoms with Gasteiger partial charge >= 0.3 is 0 Å². The average molecular weight is 208 g/mol. The summed E-state index contributed by atoms with van der Waals surface area (Å²) in [6, 6.07) is 8.48. The molecule has 0 radical (unpaired) electrons. The Labute approximate surface area is 96.7 Å². The van der Waals surface area contributed by atoms with Gasteiger partial charge in [0.15, 0.2) is 0 Å². The van der Waals surface area contributed by atoms with Crippen LogP contribution in [-0.2, 0) is 0 Å². The Morgan fingerprint density at radius 1 is 0.733 bits per heavy atom. The molecule has 0 amide bonds. The lowest BCUT2D eigenvalue weighted by atomic mass is 10.2. The Hall–Kier alpha value is -0.780. The first kappa shape index (κ1) is 16.6. The van der Waals surface area contributed by atoms with E-state index in [1.807, 2.05) is 13.8 Å². The van der Waals surface area contributed by atoms with E-state index in [0.29, 0.717) is 0 Å². The molecule has 15 heavy (non-hydrogen) atoms. The Balaban J connectivity index is 0. The van der Waals surface area contributed by atoms with Gasteiger partial charge in [-0.05, 0) is 13.8 Å². The third-order valence-corrected chi connectivity index (χ3v) is 1.93. The Bertz CT molecular complexity index is 173. The average Bonchev–Trinajstić information content (AvgIpc) is 2.27. The van der Waals surface area contributed by atoms with Gasteiger partial charge in [-0.1, -0.05) is 82.3 Å². The summed E-state index contributed by atoms with van der Waals surface area (Å²) in [4.78, 5) is 0. The predicted molar refractivity (Wildman–Crippen MR) is 72.5 cm³/mol. The van der Waals surface area contributed by atoms with Crippen LogP contribution in [-0.4, -0.2) is 0 Å². The lowest BCUT2D eigenvalue weighted by Crippen LogP contribution is -1.70. The maximum atomic E-state index is 2.21. The molecule has 0 saturated carbocycles. The molecule has 0 heterocycles.